The Hall–Kier alpha value is -2.95. The Morgan fingerprint density at radius 3 is 2.77 bits per heavy atom. The van der Waals surface area contributed by atoms with Gasteiger partial charge in [0.2, 0.25) is 0 Å². The van der Waals surface area contributed by atoms with Crippen LogP contribution in [0.15, 0.2) is 65.4 Å². The SMILES string of the molecule is O=C(NCc1ccco1)c1ccc(-c2cccc(F)c2)nc1. The third-order valence-corrected chi connectivity index (χ3v) is 3.15. The lowest BCUT2D eigenvalue weighted by Gasteiger charge is -2.05. The fraction of sp³-hybridized carbons (Fsp3) is 0.0588. The molecule has 0 saturated heterocycles. The van der Waals surface area contributed by atoms with Crippen LogP contribution in [0.25, 0.3) is 11.3 Å². The zero-order valence-electron chi connectivity index (χ0n) is 11.6. The Balaban J connectivity index is 1.69. The van der Waals surface area contributed by atoms with E-state index in [-0.39, 0.29) is 11.7 Å². The summed E-state index contributed by atoms with van der Waals surface area (Å²) in [7, 11) is 0. The third-order valence-electron chi connectivity index (χ3n) is 3.15. The molecule has 0 unspecified atom stereocenters. The summed E-state index contributed by atoms with van der Waals surface area (Å²) < 4.78 is 18.3. The summed E-state index contributed by atoms with van der Waals surface area (Å²) >= 11 is 0. The van der Waals surface area contributed by atoms with E-state index in [0.29, 0.717) is 29.1 Å². The van der Waals surface area contributed by atoms with E-state index >= 15 is 0 Å². The van der Waals surface area contributed by atoms with Gasteiger partial charge >= 0.3 is 0 Å². The van der Waals surface area contributed by atoms with Crippen molar-refractivity contribution in [2.45, 2.75) is 6.54 Å². The normalized spacial score (nSPS) is 10.4. The van der Waals surface area contributed by atoms with Gasteiger partial charge in [0.05, 0.1) is 24.1 Å². The second-order valence-corrected chi connectivity index (χ2v) is 4.70. The number of amides is 1. The van der Waals surface area contributed by atoms with E-state index in [4.69, 9.17) is 4.42 Å². The highest BCUT2D eigenvalue weighted by atomic mass is 19.1. The number of halogens is 1. The lowest BCUT2D eigenvalue weighted by atomic mass is 10.1. The van der Waals surface area contributed by atoms with Gasteiger partial charge in [-0.25, -0.2) is 4.39 Å². The van der Waals surface area contributed by atoms with Crippen LogP contribution >= 0.6 is 0 Å². The molecule has 1 N–H and O–H groups in total. The van der Waals surface area contributed by atoms with Crippen LogP contribution in [0.4, 0.5) is 4.39 Å². The minimum atomic E-state index is -0.320. The van der Waals surface area contributed by atoms with Crippen molar-refractivity contribution in [2.75, 3.05) is 0 Å². The van der Waals surface area contributed by atoms with Crippen molar-refractivity contribution in [2.24, 2.45) is 0 Å². The molecule has 110 valence electrons. The van der Waals surface area contributed by atoms with Crippen molar-refractivity contribution in [3.63, 3.8) is 0 Å². The molecule has 0 fully saturated rings. The van der Waals surface area contributed by atoms with Crippen molar-refractivity contribution in [3.05, 3.63) is 78.1 Å². The third kappa shape index (κ3) is 3.20. The van der Waals surface area contributed by atoms with Gasteiger partial charge in [0.25, 0.3) is 5.91 Å². The number of carbonyl (C=O) groups excluding carboxylic acids is 1. The van der Waals surface area contributed by atoms with Crippen LogP contribution in [0.5, 0.6) is 0 Å². The second kappa shape index (κ2) is 6.22. The maximum absolute atomic E-state index is 13.2. The number of benzene rings is 1. The minimum Gasteiger partial charge on any atom is -0.467 e. The zero-order valence-corrected chi connectivity index (χ0v) is 11.6. The van der Waals surface area contributed by atoms with Crippen molar-refractivity contribution in [3.8, 4) is 11.3 Å². The summed E-state index contributed by atoms with van der Waals surface area (Å²) in [4.78, 5) is 16.2. The molecule has 3 aromatic rings. The van der Waals surface area contributed by atoms with Crippen LogP contribution in [0.1, 0.15) is 16.1 Å². The van der Waals surface area contributed by atoms with E-state index in [1.54, 1.807) is 42.7 Å². The van der Waals surface area contributed by atoms with Gasteiger partial charge in [0, 0.05) is 11.8 Å². The van der Waals surface area contributed by atoms with Crippen molar-refractivity contribution < 1.29 is 13.6 Å². The molecule has 0 aliphatic carbocycles. The van der Waals surface area contributed by atoms with Crippen molar-refractivity contribution >= 4 is 5.91 Å². The average Bonchev–Trinajstić information content (AvgIpc) is 3.06. The molecule has 4 nitrogen and oxygen atoms in total. The fourth-order valence-electron chi connectivity index (χ4n) is 2.03. The smallest absolute Gasteiger partial charge is 0.253 e. The molecule has 0 aliphatic rings. The van der Waals surface area contributed by atoms with Gasteiger partial charge in [-0.1, -0.05) is 12.1 Å². The number of furan rings is 1. The molecular formula is C17H13FN2O2. The van der Waals surface area contributed by atoms with Gasteiger partial charge in [0.1, 0.15) is 11.6 Å². The molecule has 5 heteroatoms. The molecule has 22 heavy (non-hydrogen) atoms. The number of nitrogens with zero attached hydrogens (tertiary/aromatic N) is 1. The molecule has 0 aliphatic heterocycles. The standard InChI is InChI=1S/C17H13FN2O2/c18-14-4-1-3-12(9-14)16-7-6-13(10-19-16)17(21)20-11-15-5-2-8-22-15/h1-10H,11H2,(H,20,21). The van der Waals surface area contributed by atoms with E-state index in [9.17, 15) is 9.18 Å². The molecule has 2 aromatic heterocycles. The van der Waals surface area contributed by atoms with Gasteiger partial charge in [-0.15, -0.1) is 0 Å². The number of rotatable bonds is 4. The Bertz CT molecular complexity index is 768. The molecule has 2 heterocycles. The van der Waals surface area contributed by atoms with Crippen LogP contribution < -0.4 is 5.32 Å². The molecule has 0 atom stereocenters. The summed E-state index contributed by atoms with van der Waals surface area (Å²) in [5.41, 5.74) is 1.72. The summed E-state index contributed by atoms with van der Waals surface area (Å²) in [5, 5.41) is 2.74. The summed E-state index contributed by atoms with van der Waals surface area (Å²) in [5.74, 6) is 0.118. The van der Waals surface area contributed by atoms with Gasteiger partial charge in [-0.2, -0.15) is 0 Å². The highest BCUT2D eigenvalue weighted by Gasteiger charge is 2.08. The molecule has 1 aromatic carbocycles. The topological polar surface area (TPSA) is 55.1 Å². The largest absolute Gasteiger partial charge is 0.467 e. The number of aromatic nitrogens is 1. The van der Waals surface area contributed by atoms with E-state index in [1.807, 2.05) is 0 Å². The Morgan fingerprint density at radius 2 is 2.09 bits per heavy atom. The molecule has 0 radical (unpaired) electrons. The highest BCUT2D eigenvalue weighted by Crippen LogP contribution is 2.17. The first kappa shape index (κ1) is 14.0. The molecule has 3 rings (SSSR count). The second-order valence-electron chi connectivity index (χ2n) is 4.70. The number of nitrogens with one attached hydrogen (secondary N) is 1. The Kier molecular flexibility index (Phi) is 3.96. The van der Waals surface area contributed by atoms with E-state index < -0.39 is 0 Å². The van der Waals surface area contributed by atoms with Crippen molar-refractivity contribution in [1.82, 2.24) is 10.3 Å². The highest BCUT2D eigenvalue weighted by molar-refractivity contribution is 5.94. The van der Waals surface area contributed by atoms with E-state index in [0.717, 1.165) is 0 Å². The molecule has 1 amide bonds. The lowest BCUT2D eigenvalue weighted by Crippen LogP contribution is -2.22. The van der Waals surface area contributed by atoms with Gasteiger partial charge in [-0.05, 0) is 36.4 Å². The maximum Gasteiger partial charge on any atom is 0.253 e. The van der Waals surface area contributed by atoms with E-state index in [1.165, 1.54) is 18.3 Å². The van der Waals surface area contributed by atoms with Crippen LogP contribution in [0, 0.1) is 5.82 Å². The molecule has 0 spiro atoms. The number of hydrogen-bond donors (Lipinski definition) is 1. The van der Waals surface area contributed by atoms with Crippen LogP contribution in [-0.2, 0) is 6.54 Å². The van der Waals surface area contributed by atoms with Gasteiger partial charge in [-0.3, -0.25) is 9.78 Å². The van der Waals surface area contributed by atoms with Crippen molar-refractivity contribution in [1.29, 1.82) is 0 Å². The van der Waals surface area contributed by atoms with Gasteiger partial charge < -0.3 is 9.73 Å². The summed E-state index contributed by atoms with van der Waals surface area (Å²) in [6.07, 6.45) is 3.02. The Morgan fingerprint density at radius 1 is 1.18 bits per heavy atom. The summed E-state index contributed by atoms with van der Waals surface area (Å²) in [6.45, 7) is 0.317. The average molecular weight is 296 g/mol. The molecular weight excluding hydrogens is 283 g/mol. The first-order chi connectivity index (χ1) is 10.7. The quantitative estimate of drug-likeness (QED) is 0.802. The van der Waals surface area contributed by atoms with Gasteiger partial charge in [0.15, 0.2) is 0 Å². The summed E-state index contributed by atoms with van der Waals surface area (Å²) in [6, 6.07) is 13.1. The number of hydrogen-bond acceptors (Lipinski definition) is 3. The first-order valence-corrected chi connectivity index (χ1v) is 6.75. The van der Waals surface area contributed by atoms with Crippen LogP contribution in [-0.4, -0.2) is 10.9 Å². The Labute approximate surface area is 126 Å². The molecule has 0 bridgehead atoms. The van der Waals surface area contributed by atoms with Crippen LogP contribution in [0.2, 0.25) is 0 Å². The number of carbonyl (C=O) groups is 1. The maximum atomic E-state index is 13.2. The predicted octanol–water partition coefficient (Wildman–Crippen LogP) is 3.41. The predicted molar refractivity (Wildman–Crippen MR) is 79.5 cm³/mol. The number of pyridine rings is 1. The lowest BCUT2D eigenvalue weighted by molar-refractivity contribution is 0.0947. The minimum absolute atomic E-state index is 0.241. The first-order valence-electron chi connectivity index (χ1n) is 6.75. The molecule has 0 saturated carbocycles. The van der Waals surface area contributed by atoms with E-state index in [2.05, 4.69) is 10.3 Å². The zero-order chi connectivity index (χ0) is 15.4. The fourth-order valence-corrected chi connectivity index (χ4v) is 2.03. The monoisotopic (exact) mass is 296 g/mol. The van der Waals surface area contributed by atoms with Crippen LogP contribution in [0.3, 0.4) is 0 Å².